The maximum atomic E-state index is 12.1. The maximum absolute atomic E-state index is 12.1. The largest absolute Gasteiger partial charge is 0.444 e. The van der Waals surface area contributed by atoms with E-state index in [1.54, 1.807) is 0 Å². The molecule has 18 heavy (non-hydrogen) atoms. The zero-order valence-corrected chi connectivity index (χ0v) is 11.7. The number of likely N-dealkylation sites (tertiary alicyclic amines) is 1. The predicted molar refractivity (Wildman–Crippen MR) is 68.5 cm³/mol. The lowest BCUT2D eigenvalue weighted by Gasteiger charge is -2.46. The van der Waals surface area contributed by atoms with Crippen LogP contribution in [0.3, 0.4) is 0 Å². The molecular formula is C13H24N2O3. The minimum Gasteiger partial charge on any atom is -0.444 e. The zero-order chi connectivity index (χ0) is 13.3. The summed E-state index contributed by atoms with van der Waals surface area (Å²) in [6.07, 6.45) is -0.200. The summed E-state index contributed by atoms with van der Waals surface area (Å²) in [5, 5.41) is 3.35. The summed E-state index contributed by atoms with van der Waals surface area (Å²) in [7, 11) is 1.99. The number of rotatable bonds is 1. The minimum atomic E-state index is -0.428. The molecule has 2 atom stereocenters. The van der Waals surface area contributed by atoms with Gasteiger partial charge in [-0.05, 0) is 27.8 Å². The van der Waals surface area contributed by atoms with Crippen molar-refractivity contribution in [3.63, 3.8) is 0 Å². The van der Waals surface area contributed by atoms with Gasteiger partial charge in [0.25, 0.3) is 0 Å². The Morgan fingerprint density at radius 3 is 2.28 bits per heavy atom. The SMILES string of the molecule is CNC1C2COCC1CN(C(=O)OC(C)(C)C)C2. The van der Waals surface area contributed by atoms with Crippen LogP contribution in [0.15, 0.2) is 0 Å². The molecule has 2 bridgehead atoms. The van der Waals surface area contributed by atoms with Crippen molar-refractivity contribution in [1.82, 2.24) is 10.2 Å². The first-order valence-corrected chi connectivity index (χ1v) is 6.63. The number of carbonyl (C=O) groups excluding carboxylic acids is 1. The van der Waals surface area contributed by atoms with E-state index in [0.29, 0.717) is 17.9 Å². The second-order valence-electron chi connectivity index (χ2n) is 6.26. The Kier molecular flexibility index (Phi) is 3.82. The smallest absolute Gasteiger partial charge is 0.410 e. The third-order valence-electron chi connectivity index (χ3n) is 3.57. The number of hydrogen-bond acceptors (Lipinski definition) is 4. The van der Waals surface area contributed by atoms with Crippen LogP contribution in [0.1, 0.15) is 20.8 Å². The van der Waals surface area contributed by atoms with E-state index in [4.69, 9.17) is 9.47 Å². The van der Waals surface area contributed by atoms with Gasteiger partial charge in [0, 0.05) is 31.0 Å². The van der Waals surface area contributed by atoms with Gasteiger partial charge < -0.3 is 19.7 Å². The van der Waals surface area contributed by atoms with E-state index in [-0.39, 0.29) is 6.09 Å². The Bertz CT molecular complexity index is 300. The molecule has 0 radical (unpaired) electrons. The molecule has 2 fully saturated rings. The van der Waals surface area contributed by atoms with Crippen molar-refractivity contribution in [2.24, 2.45) is 11.8 Å². The summed E-state index contributed by atoms with van der Waals surface area (Å²) in [5.74, 6) is 0.741. The fourth-order valence-electron chi connectivity index (χ4n) is 2.88. The van der Waals surface area contributed by atoms with Crippen LogP contribution in [0.25, 0.3) is 0 Å². The number of amides is 1. The van der Waals surface area contributed by atoms with Crippen molar-refractivity contribution < 1.29 is 14.3 Å². The van der Waals surface area contributed by atoms with Gasteiger partial charge in [-0.15, -0.1) is 0 Å². The lowest BCUT2D eigenvalue weighted by Crippen LogP contribution is -2.61. The average Bonchev–Trinajstić information content (AvgIpc) is 2.24. The quantitative estimate of drug-likeness (QED) is 0.763. The van der Waals surface area contributed by atoms with Crippen molar-refractivity contribution in [3.8, 4) is 0 Å². The first-order chi connectivity index (χ1) is 8.40. The van der Waals surface area contributed by atoms with Crippen LogP contribution in [0, 0.1) is 11.8 Å². The first-order valence-electron chi connectivity index (χ1n) is 6.63. The van der Waals surface area contributed by atoms with Crippen LogP contribution in [0.5, 0.6) is 0 Å². The molecule has 0 aromatic rings. The number of nitrogens with one attached hydrogen (secondary N) is 1. The molecule has 0 saturated carbocycles. The molecule has 1 N–H and O–H groups in total. The number of carbonyl (C=O) groups is 1. The molecule has 5 nitrogen and oxygen atoms in total. The molecule has 0 aliphatic carbocycles. The highest BCUT2D eigenvalue weighted by molar-refractivity contribution is 5.68. The third kappa shape index (κ3) is 2.95. The molecule has 2 heterocycles. The van der Waals surface area contributed by atoms with Crippen LogP contribution in [0.2, 0.25) is 0 Å². The Hall–Kier alpha value is -0.810. The molecule has 5 heteroatoms. The van der Waals surface area contributed by atoms with Crippen molar-refractivity contribution in [3.05, 3.63) is 0 Å². The highest BCUT2D eigenvalue weighted by Crippen LogP contribution is 2.28. The van der Waals surface area contributed by atoms with E-state index in [9.17, 15) is 4.79 Å². The van der Waals surface area contributed by atoms with Crippen molar-refractivity contribution in [2.45, 2.75) is 32.4 Å². The summed E-state index contributed by atoms with van der Waals surface area (Å²) in [4.78, 5) is 13.9. The first kappa shape index (κ1) is 13.6. The number of nitrogens with zero attached hydrogens (tertiary/aromatic N) is 1. The fraction of sp³-hybridized carbons (Fsp3) is 0.923. The average molecular weight is 256 g/mol. The zero-order valence-electron chi connectivity index (χ0n) is 11.7. The van der Waals surface area contributed by atoms with Gasteiger partial charge in [-0.1, -0.05) is 0 Å². The molecule has 2 aliphatic rings. The molecule has 104 valence electrons. The van der Waals surface area contributed by atoms with E-state index in [2.05, 4.69) is 5.32 Å². The second kappa shape index (κ2) is 5.05. The summed E-state index contributed by atoms with van der Waals surface area (Å²) in [6.45, 7) is 8.58. The van der Waals surface area contributed by atoms with E-state index >= 15 is 0 Å². The molecule has 2 rings (SSSR count). The summed E-state index contributed by atoms with van der Waals surface area (Å²) < 4.78 is 11.0. The van der Waals surface area contributed by atoms with Gasteiger partial charge >= 0.3 is 6.09 Å². The molecule has 0 spiro atoms. The molecule has 2 aliphatic heterocycles. The van der Waals surface area contributed by atoms with E-state index in [0.717, 1.165) is 26.3 Å². The van der Waals surface area contributed by atoms with Gasteiger partial charge in [0.2, 0.25) is 0 Å². The Morgan fingerprint density at radius 2 is 1.83 bits per heavy atom. The standard InChI is InChI=1S/C13H24N2O3/c1-13(2,3)18-12(16)15-5-9-7-17-8-10(6-15)11(9)14-4/h9-11,14H,5-8H2,1-4H3. The summed E-state index contributed by atoms with van der Waals surface area (Å²) in [5.41, 5.74) is -0.428. The Balaban J connectivity index is 1.99. The van der Waals surface area contributed by atoms with Crippen LogP contribution in [-0.2, 0) is 9.47 Å². The normalized spacial score (nSPS) is 32.2. The molecule has 2 unspecified atom stereocenters. The molecular weight excluding hydrogens is 232 g/mol. The van der Waals surface area contributed by atoms with Gasteiger partial charge in [-0.3, -0.25) is 0 Å². The van der Waals surface area contributed by atoms with Gasteiger partial charge in [-0.25, -0.2) is 4.79 Å². The van der Waals surface area contributed by atoms with Crippen LogP contribution in [-0.4, -0.2) is 56.0 Å². The number of hydrogen-bond donors (Lipinski definition) is 1. The van der Waals surface area contributed by atoms with Gasteiger partial charge in [0.05, 0.1) is 13.2 Å². The predicted octanol–water partition coefficient (Wildman–Crippen LogP) is 1.09. The van der Waals surface area contributed by atoms with Crippen LogP contribution < -0.4 is 5.32 Å². The second-order valence-corrected chi connectivity index (χ2v) is 6.26. The van der Waals surface area contributed by atoms with Crippen molar-refractivity contribution in [2.75, 3.05) is 33.4 Å². The Labute approximate surface area is 109 Å². The third-order valence-corrected chi connectivity index (χ3v) is 3.57. The van der Waals surface area contributed by atoms with Crippen LogP contribution in [0.4, 0.5) is 4.79 Å². The highest BCUT2D eigenvalue weighted by Gasteiger charge is 2.41. The molecule has 0 aromatic heterocycles. The minimum absolute atomic E-state index is 0.200. The molecule has 1 amide bonds. The fourth-order valence-corrected chi connectivity index (χ4v) is 2.88. The lowest BCUT2D eigenvalue weighted by molar-refractivity contribution is -0.0666. The molecule has 2 saturated heterocycles. The Morgan fingerprint density at radius 1 is 1.28 bits per heavy atom. The number of ether oxygens (including phenoxy) is 2. The number of piperidine rings is 1. The van der Waals surface area contributed by atoms with Gasteiger partial charge in [0.15, 0.2) is 0 Å². The monoisotopic (exact) mass is 256 g/mol. The van der Waals surface area contributed by atoms with Crippen LogP contribution >= 0.6 is 0 Å². The van der Waals surface area contributed by atoms with Gasteiger partial charge in [0.1, 0.15) is 5.60 Å². The summed E-state index contributed by atoms with van der Waals surface area (Å²) in [6, 6.07) is 0.456. The van der Waals surface area contributed by atoms with E-state index in [1.807, 2.05) is 32.7 Å². The topological polar surface area (TPSA) is 50.8 Å². The number of fused-ring (bicyclic) bond motifs is 2. The van der Waals surface area contributed by atoms with E-state index in [1.165, 1.54) is 0 Å². The van der Waals surface area contributed by atoms with E-state index < -0.39 is 5.60 Å². The summed E-state index contributed by atoms with van der Waals surface area (Å²) >= 11 is 0. The maximum Gasteiger partial charge on any atom is 0.410 e. The lowest BCUT2D eigenvalue weighted by atomic mass is 9.82. The van der Waals surface area contributed by atoms with Gasteiger partial charge in [-0.2, -0.15) is 0 Å². The highest BCUT2D eigenvalue weighted by atomic mass is 16.6. The van der Waals surface area contributed by atoms with Crippen molar-refractivity contribution in [1.29, 1.82) is 0 Å². The van der Waals surface area contributed by atoms with Crippen molar-refractivity contribution >= 4 is 6.09 Å². The molecule has 0 aromatic carbocycles.